The number of rotatable bonds is 8. The first kappa shape index (κ1) is 17.7. The van der Waals surface area contributed by atoms with Gasteiger partial charge >= 0.3 is 0 Å². The molecule has 0 aromatic rings. The molecular weight excluding hydrogens is 300 g/mol. The Bertz CT molecular complexity index is 292. The van der Waals surface area contributed by atoms with Crippen LogP contribution in [0.15, 0.2) is 25.3 Å². The van der Waals surface area contributed by atoms with Crippen LogP contribution in [0.5, 0.6) is 0 Å². The summed E-state index contributed by atoms with van der Waals surface area (Å²) in [6.45, 7) is 7.29. The summed E-state index contributed by atoms with van der Waals surface area (Å²) in [6.07, 6.45) is 2.54. The fraction of sp³-hybridized carbons (Fsp3) is 0.545. The number of methoxy groups -OCH3 is 1. The summed E-state index contributed by atoms with van der Waals surface area (Å²) in [4.78, 5) is 0. The normalized spacial score (nSPS) is 14.7. The van der Waals surface area contributed by atoms with Crippen LogP contribution in [0, 0.1) is 5.41 Å². The van der Waals surface area contributed by atoms with Gasteiger partial charge in [-0.25, -0.2) is 0 Å². The van der Waals surface area contributed by atoms with Crippen LogP contribution in [0.1, 0.15) is 6.42 Å². The van der Waals surface area contributed by atoms with Crippen LogP contribution in [-0.4, -0.2) is 35.8 Å². The smallest absolute Gasteiger partial charge is 0.265 e. The van der Waals surface area contributed by atoms with E-state index in [-0.39, 0.29) is 6.79 Å². The summed E-state index contributed by atoms with van der Waals surface area (Å²) in [5.41, 5.74) is 0. The molecule has 1 N–H and O–H groups in total. The van der Waals surface area contributed by atoms with Gasteiger partial charge in [-0.2, -0.15) is 0 Å². The number of nitrogens with one attached hydrogen (secondary N) is 1. The lowest BCUT2D eigenvalue weighted by Crippen LogP contribution is -2.35. The minimum Gasteiger partial charge on any atom is -0.468 e. The maximum absolute atomic E-state index is 7.50. The van der Waals surface area contributed by atoms with Crippen molar-refractivity contribution in [2.24, 2.45) is 0 Å². The van der Waals surface area contributed by atoms with Gasteiger partial charge < -0.3 is 14.2 Å². The molecule has 18 heavy (non-hydrogen) atoms. The van der Waals surface area contributed by atoms with Crippen molar-refractivity contribution in [3.05, 3.63) is 25.3 Å². The molecule has 0 aromatic heterocycles. The van der Waals surface area contributed by atoms with Crippen molar-refractivity contribution in [2.75, 3.05) is 13.9 Å². The van der Waals surface area contributed by atoms with Crippen LogP contribution in [0.2, 0.25) is 0 Å². The largest absolute Gasteiger partial charge is 0.468 e. The highest BCUT2D eigenvalue weighted by atomic mass is 35.6. The quantitative estimate of drug-likeness (QED) is 0.245. The van der Waals surface area contributed by atoms with Crippen LogP contribution in [0.3, 0.4) is 0 Å². The molecule has 0 unspecified atom stereocenters. The van der Waals surface area contributed by atoms with Gasteiger partial charge in [-0.3, -0.25) is 5.41 Å². The van der Waals surface area contributed by atoms with Crippen LogP contribution >= 0.6 is 34.8 Å². The molecule has 0 saturated heterocycles. The number of hydrogen-bond acceptors (Lipinski definition) is 4. The van der Waals surface area contributed by atoms with E-state index in [9.17, 15) is 0 Å². The maximum atomic E-state index is 7.50. The van der Waals surface area contributed by atoms with E-state index >= 15 is 0 Å². The molecule has 0 rings (SSSR count). The van der Waals surface area contributed by atoms with Gasteiger partial charge in [0.2, 0.25) is 5.90 Å². The van der Waals surface area contributed by atoms with Gasteiger partial charge in [0, 0.05) is 7.11 Å². The van der Waals surface area contributed by atoms with Crippen molar-refractivity contribution >= 4 is 40.7 Å². The molecule has 0 aliphatic rings. The lowest BCUT2D eigenvalue weighted by molar-refractivity contribution is -0.0979. The second-order valence-corrected chi connectivity index (χ2v) is 5.56. The van der Waals surface area contributed by atoms with Gasteiger partial charge in [0.1, 0.15) is 19.0 Å². The monoisotopic (exact) mass is 315 g/mol. The third-order valence-corrected chi connectivity index (χ3v) is 2.42. The lowest BCUT2D eigenvalue weighted by atomic mass is 10.1. The van der Waals surface area contributed by atoms with E-state index in [0.717, 1.165) is 0 Å². The number of ether oxygens (including phenoxy) is 3. The highest BCUT2D eigenvalue weighted by Crippen LogP contribution is 2.29. The first-order valence-corrected chi connectivity index (χ1v) is 6.16. The molecule has 104 valence electrons. The van der Waals surface area contributed by atoms with Crippen molar-refractivity contribution in [3.63, 3.8) is 0 Å². The molecule has 2 atom stereocenters. The second kappa shape index (κ2) is 8.77. The summed E-state index contributed by atoms with van der Waals surface area (Å²) < 4.78 is 13.5. The van der Waals surface area contributed by atoms with Crippen molar-refractivity contribution < 1.29 is 14.2 Å². The Morgan fingerprint density at radius 1 is 1.39 bits per heavy atom. The maximum Gasteiger partial charge on any atom is 0.265 e. The van der Waals surface area contributed by atoms with Crippen LogP contribution in [0.25, 0.3) is 0 Å². The Balaban J connectivity index is 4.63. The SMILES string of the molecule is C=CC[C@@H](OCOC)[C@H](C=C)OC(=N)C(Cl)(Cl)Cl. The number of halogens is 3. The fourth-order valence-electron chi connectivity index (χ4n) is 1.10. The first-order valence-electron chi connectivity index (χ1n) is 5.03. The summed E-state index contributed by atoms with van der Waals surface area (Å²) in [7, 11) is 1.50. The van der Waals surface area contributed by atoms with Gasteiger partial charge in [-0.15, -0.1) is 6.58 Å². The van der Waals surface area contributed by atoms with E-state index in [1.165, 1.54) is 13.2 Å². The molecule has 0 saturated carbocycles. The van der Waals surface area contributed by atoms with E-state index in [4.69, 9.17) is 54.4 Å². The van der Waals surface area contributed by atoms with E-state index in [1.54, 1.807) is 6.08 Å². The predicted molar refractivity (Wildman–Crippen MR) is 74.6 cm³/mol. The highest BCUT2D eigenvalue weighted by Gasteiger charge is 2.32. The zero-order chi connectivity index (χ0) is 14.2. The van der Waals surface area contributed by atoms with Gasteiger partial charge in [-0.1, -0.05) is 47.5 Å². The van der Waals surface area contributed by atoms with Gasteiger partial charge in [0.15, 0.2) is 0 Å². The zero-order valence-electron chi connectivity index (χ0n) is 10.00. The third-order valence-electron chi connectivity index (χ3n) is 1.91. The van der Waals surface area contributed by atoms with Crippen LogP contribution < -0.4 is 0 Å². The Morgan fingerprint density at radius 2 is 2.00 bits per heavy atom. The topological polar surface area (TPSA) is 51.5 Å². The molecule has 0 radical (unpaired) electrons. The lowest BCUT2D eigenvalue weighted by Gasteiger charge is -2.26. The molecule has 0 amide bonds. The Labute approximate surface area is 122 Å². The molecule has 0 fully saturated rings. The van der Waals surface area contributed by atoms with E-state index in [1.807, 2.05) is 0 Å². The van der Waals surface area contributed by atoms with Crippen LogP contribution in [-0.2, 0) is 14.2 Å². The molecule has 0 bridgehead atoms. The Kier molecular flexibility index (Phi) is 8.65. The molecular formula is C11H16Cl3NO3. The van der Waals surface area contributed by atoms with E-state index in [2.05, 4.69) is 13.2 Å². The molecule has 7 heteroatoms. The van der Waals surface area contributed by atoms with E-state index in [0.29, 0.717) is 6.42 Å². The Morgan fingerprint density at radius 3 is 2.39 bits per heavy atom. The molecule has 0 heterocycles. The van der Waals surface area contributed by atoms with Gasteiger partial charge in [-0.05, 0) is 12.5 Å². The Hall–Kier alpha value is -0.260. The number of hydrogen-bond donors (Lipinski definition) is 1. The van der Waals surface area contributed by atoms with Crippen LogP contribution in [0.4, 0.5) is 0 Å². The third kappa shape index (κ3) is 6.61. The second-order valence-electron chi connectivity index (χ2n) is 3.28. The molecule has 4 nitrogen and oxygen atoms in total. The van der Waals surface area contributed by atoms with Crippen molar-refractivity contribution in [3.8, 4) is 0 Å². The minimum atomic E-state index is -1.92. The summed E-state index contributed by atoms with van der Waals surface area (Å²) in [6, 6.07) is 0. The zero-order valence-corrected chi connectivity index (χ0v) is 12.3. The summed E-state index contributed by atoms with van der Waals surface area (Å²) >= 11 is 16.6. The van der Waals surface area contributed by atoms with Gasteiger partial charge in [0.05, 0.1) is 0 Å². The number of alkyl halides is 3. The molecule has 0 spiro atoms. The minimum absolute atomic E-state index is 0.0767. The summed E-state index contributed by atoms with van der Waals surface area (Å²) in [5.74, 6) is -0.493. The van der Waals surface area contributed by atoms with Gasteiger partial charge in [0.25, 0.3) is 3.79 Å². The fourth-order valence-corrected chi connectivity index (χ4v) is 1.23. The molecule has 0 aliphatic heterocycles. The van der Waals surface area contributed by atoms with E-state index < -0.39 is 21.9 Å². The van der Waals surface area contributed by atoms with Crippen molar-refractivity contribution in [2.45, 2.75) is 22.4 Å². The van der Waals surface area contributed by atoms with Crippen molar-refractivity contribution in [1.82, 2.24) is 0 Å². The predicted octanol–water partition coefficient (Wildman–Crippen LogP) is 3.47. The highest BCUT2D eigenvalue weighted by molar-refractivity contribution is 6.76. The van der Waals surface area contributed by atoms with Crippen molar-refractivity contribution in [1.29, 1.82) is 5.41 Å². The molecule has 0 aromatic carbocycles. The molecule has 0 aliphatic carbocycles. The first-order chi connectivity index (χ1) is 8.36. The standard InChI is InChI=1S/C11H16Cl3NO3/c1-4-6-9(17-7-16-3)8(5-2)18-10(15)11(12,13)14/h4-5,8-9,15H,1-2,6-7H2,3H3/t8-,9+/m0/s1. The average Bonchev–Trinajstić information content (AvgIpc) is 2.30. The summed E-state index contributed by atoms with van der Waals surface area (Å²) in [5, 5.41) is 7.50. The average molecular weight is 317 g/mol.